The molecule has 3 aliphatic rings. The molecule has 0 bridgehead atoms. The van der Waals surface area contributed by atoms with Gasteiger partial charge >= 0.3 is 0 Å². The summed E-state index contributed by atoms with van der Waals surface area (Å²) < 4.78 is 55.1. The van der Waals surface area contributed by atoms with Crippen LogP contribution in [0.3, 0.4) is 0 Å². The number of hydrogen-bond donors (Lipinski definition) is 1. The third-order valence-electron chi connectivity index (χ3n) is 6.26. The van der Waals surface area contributed by atoms with Gasteiger partial charge in [0.25, 0.3) is 10.0 Å². The highest BCUT2D eigenvalue weighted by atomic mass is 32.2. The molecule has 32 heavy (non-hydrogen) atoms. The number of nitrogens with zero attached hydrogens (tertiary/aromatic N) is 2. The zero-order valence-corrected chi connectivity index (χ0v) is 19.2. The Hall–Kier alpha value is -2.43. The molecule has 2 heterocycles. The molecule has 5 rings (SSSR count). The summed E-state index contributed by atoms with van der Waals surface area (Å²) in [5.41, 5.74) is 1.92. The van der Waals surface area contributed by atoms with E-state index in [9.17, 15) is 21.6 Å². The molecule has 1 amide bonds. The molecule has 2 fully saturated rings. The number of amides is 1. The molecule has 0 radical (unpaired) electrons. The van der Waals surface area contributed by atoms with Crippen LogP contribution in [0, 0.1) is 5.92 Å². The highest BCUT2D eigenvalue weighted by Gasteiger charge is 2.36. The lowest BCUT2D eigenvalue weighted by Gasteiger charge is -2.17. The molecule has 1 saturated carbocycles. The van der Waals surface area contributed by atoms with Crippen molar-refractivity contribution < 1.29 is 21.6 Å². The molecule has 0 unspecified atom stereocenters. The first-order valence-electron chi connectivity index (χ1n) is 10.8. The second-order valence-corrected chi connectivity index (χ2v) is 12.2. The third-order valence-corrected chi connectivity index (χ3v) is 9.55. The van der Waals surface area contributed by atoms with E-state index in [-0.39, 0.29) is 27.3 Å². The Bertz CT molecular complexity index is 1260. The van der Waals surface area contributed by atoms with Gasteiger partial charge in [-0.05, 0) is 80.1 Å². The first kappa shape index (κ1) is 21.4. The summed E-state index contributed by atoms with van der Waals surface area (Å²) in [4.78, 5) is 14.5. The fourth-order valence-corrected chi connectivity index (χ4v) is 6.94. The van der Waals surface area contributed by atoms with Crippen molar-refractivity contribution in [2.45, 2.75) is 41.9 Å². The van der Waals surface area contributed by atoms with Gasteiger partial charge < -0.3 is 4.90 Å². The minimum Gasteiger partial charge on any atom is -0.312 e. The largest absolute Gasteiger partial charge is 0.312 e. The Kier molecular flexibility index (Phi) is 5.26. The second kappa shape index (κ2) is 7.86. The van der Waals surface area contributed by atoms with Crippen molar-refractivity contribution in [3.05, 3.63) is 48.0 Å². The molecule has 1 saturated heterocycles. The summed E-state index contributed by atoms with van der Waals surface area (Å²) in [6.07, 6.45) is 4.19. The molecule has 1 aliphatic carbocycles. The number of carbonyl (C=O) groups is 1. The second-order valence-electron chi connectivity index (χ2n) is 8.55. The van der Waals surface area contributed by atoms with Crippen LogP contribution in [-0.4, -0.2) is 46.7 Å². The van der Waals surface area contributed by atoms with Crippen LogP contribution in [0.4, 0.5) is 11.4 Å². The van der Waals surface area contributed by atoms with Crippen molar-refractivity contribution in [1.82, 2.24) is 4.31 Å². The highest BCUT2D eigenvalue weighted by molar-refractivity contribution is 7.92. The SMILES string of the molecule is O=C(C1CC1)N1CCc2cc(S(=O)(=O)Nc3ccc(S(=O)(=O)N4CCCC4)cc3)ccc21. The maximum absolute atomic E-state index is 12.9. The summed E-state index contributed by atoms with van der Waals surface area (Å²) in [5.74, 6) is 0.240. The Labute approximate surface area is 188 Å². The van der Waals surface area contributed by atoms with E-state index in [1.165, 1.54) is 34.6 Å². The van der Waals surface area contributed by atoms with Crippen molar-refractivity contribution in [2.75, 3.05) is 29.3 Å². The van der Waals surface area contributed by atoms with E-state index in [2.05, 4.69) is 4.72 Å². The van der Waals surface area contributed by atoms with Crippen LogP contribution in [0.1, 0.15) is 31.2 Å². The minimum absolute atomic E-state index is 0.114. The number of fused-ring (bicyclic) bond motifs is 1. The lowest BCUT2D eigenvalue weighted by atomic mass is 10.2. The smallest absolute Gasteiger partial charge is 0.261 e. The predicted octanol–water partition coefficient (Wildman–Crippen LogP) is 2.57. The molecule has 8 nitrogen and oxygen atoms in total. The lowest BCUT2D eigenvalue weighted by Crippen LogP contribution is -2.30. The van der Waals surface area contributed by atoms with Crippen LogP contribution >= 0.6 is 0 Å². The Morgan fingerprint density at radius 1 is 0.875 bits per heavy atom. The summed E-state index contributed by atoms with van der Waals surface area (Å²) in [7, 11) is -7.40. The molecule has 10 heteroatoms. The molecule has 0 aromatic heterocycles. The summed E-state index contributed by atoms with van der Waals surface area (Å²) >= 11 is 0. The minimum atomic E-state index is -3.85. The van der Waals surface area contributed by atoms with Crippen molar-refractivity contribution in [3.8, 4) is 0 Å². The van der Waals surface area contributed by atoms with Gasteiger partial charge in [-0.15, -0.1) is 0 Å². The number of hydrogen-bond acceptors (Lipinski definition) is 5. The van der Waals surface area contributed by atoms with E-state index < -0.39 is 20.0 Å². The van der Waals surface area contributed by atoms with Crippen LogP contribution in [0.5, 0.6) is 0 Å². The van der Waals surface area contributed by atoms with E-state index in [1.807, 2.05) is 0 Å². The van der Waals surface area contributed by atoms with Crippen LogP contribution in [0.2, 0.25) is 0 Å². The van der Waals surface area contributed by atoms with Crippen LogP contribution in [0.15, 0.2) is 52.3 Å². The number of rotatable bonds is 6. The fourth-order valence-electron chi connectivity index (χ4n) is 4.31. The Morgan fingerprint density at radius 2 is 1.53 bits per heavy atom. The third kappa shape index (κ3) is 3.91. The molecule has 170 valence electrons. The van der Waals surface area contributed by atoms with Gasteiger partial charge in [-0.3, -0.25) is 9.52 Å². The van der Waals surface area contributed by atoms with E-state index in [1.54, 1.807) is 17.0 Å². The van der Waals surface area contributed by atoms with Gasteiger partial charge in [0.05, 0.1) is 9.79 Å². The quantitative estimate of drug-likeness (QED) is 0.692. The fraction of sp³-hybridized carbons (Fsp3) is 0.409. The standard InChI is InChI=1S/C22H25N3O5S2/c26-22(16-3-4-16)25-14-11-17-15-20(9-10-21(17)25)31(27,28)23-18-5-7-19(8-6-18)32(29,30)24-12-1-2-13-24/h5-10,15-16,23H,1-4,11-14H2. The van der Waals surface area contributed by atoms with Crippen molar-refractivity contribution in [1.29, 1.82) is 0 Å². The molecule has 2 aromatic rings. The molecule has 0 atom stereocenters. The topological polar surface area (TPSA) is 104 Å². The zero-order valence-electron chi connectivity index (χ0n) is 17.5. The van der Waals surface area contributed by atoms with E-state index in [0.29, 0.717) is 26.1 Å². The molecule has 0 spiro atoms. The zero-order chi connectivity index (χ0) is 22.5. The maximum atomic E-state index is 12.9. The lowest BCUT2D eigenvalue weighted by molar-refractivity contribution is -0.119. The average Bonchev–Trinajstić information content (AvgIpc) is 3.29. The van der Waals surface area contributed by atoms with Gasteiger partial charge in [-0.2, -0.15) is 4.31 Å². The van der Waals surface area contributed by atoms with E-state index >= 15 is 0 Å². The maximum Gasteiger partial charge on any atom is 0.261 e. The van der Waals surface area contributed by atoms with Crippen molar-refractivity contribution in [3.63, 3.8) is 0 Å². The monoisotopic (exact) mass is 475 g/mol. The van der Waals surface area contributed by atoms with E-state index in [0.717, 1.165) is 36.9 Å². The Balaban J connectivity index is 1.33. The van der Waals surface area contributed by atoms with Gasteiger partial charge in [0, 0.05) is 36.9 Å². The van der Waals surface area contributed by atoms with E-state index in [4.69, 9.17) is 0 Å². The van der Waals surface area contributed by atoms with Gasteiger partial charge in [-0.25, -0.2) is 16.8 Å². The average molecular weight is 476 g/mol. The normalized spacial score (nSPS) is 19.2. The Morgan fingerprint density at radius 3 is 2.19 bits per heavy atom. The van der Waals surface area contributed by atoms with Gasteiger partial charge in [0.15, 0.2) is 0 Å². The molecular formula is C22H25N3O5S2. The molecule has 2 aromatic carbocycles. The predicted molar refractivity (Wildman–Crippen MR) is 120 cm³/mol. The molecule has 1 N–H and O–H groups in total. The summed E-state index contributed by atoms with van der Waals surface area (Å²) in [6, 6.07) is 10.6. The number of anilines is 2. The summed E-state index contributed by atoms with van der Waals surface area (Å²) in [5, 5.41) is 0. The van der Waals surface area contributed by atoms with Gasteiger partial charge in [0.1, 0.15) is 0 Å². The first-order valence-corrected chi connectivity index (χ1v) is 13.8. The molecule has 2 aliphatic heterocycles. The van der Waals surface area contributed by atoms with Crippen LogP contribution < -0.4 is 9.62 Å². The van der Waals surface area contributed by atoms with Crippen molar-refractivity contribution in [2.24, 2.45) is 5.92 Å². The summed E-state index contributed by atoms with van der Waals surface area (Å²) in [6.45, 7) is 1.60. The molecular weight excluding hydrogens is 450 g/mol. The van der Waals surface area contributed by atoms with Crippen LogP contribution in [-0.2, 0) is 31.3 Å². The highest BCUT2D eigenvalue weighted by Crippen LogP contribution is 2.37. The van der Waals surface area contributed by atoms with Gasteiger partial charge in [0.2, 0.25) is 15.9 Å². The number of benzene rings is 2. The van der Waals surface area contributed by atoms with Gasteiger partial charge in [-0.1, -0.05) is 0 Å². The first-order chi connectivity index (χ1) is 15.3. The number of carbonyl (C=O) groups excluding carboxylic acids is 1. The number of nitrogens with one attached hydrogen (secondary N) is 1. The van der Waals surface area contributed by atoms with Crippen molar-refractivity contribution >= 4 is 37.3 Å². The number of sulfonamides is 2. The van der Waals surface area contributed by atoms with Crippen LogP contribution in [0.25, 0.3) is 0 Å².